The summed E-state index contributed by atoms with van der Waals surface area (Å²) in [6.45, 7) is 1.24. The van der Waals surface area contributed by atoms with Crippen LogP contribution in [-0.4, -0.2) is 30.8 Å². The Hall–Kier alpha value is -1.63. The number of nitrogens with one attached hydrogen (secondary N) is 1. The molecule has 3 heterocycles. The summed E-state index contributed by atoms with van der Waals surface area (Å²) in [6.07, 6.45) is -0.103. The van der Waals surface area contributed by atoms with Crippen LogP contribution in [0, 0.1) is 5.92 Å². The van der Waals surface area contributed by atoms with Crippen molar-refractivity contribution >= 4 is 17.2 Å². The first-order valence-electron chi connectivity index (χ1n) is 6.90. The van der Waals surface area contributed by atoms with Gasteiger partial charge in [0.1, 0.15) is 17.6 Å². The van der Waals surface area contributed by atoms with Gasteiger partial charge in [-0.05, 0) is 30.0 Å². The van der Waals surface area contributed by atoms with Crippen molar-refractivity contribution in [3.8, 4) is 11.3 Å². The molecule has 2 atom stereocenters. The Labute approximate surface area is 126 Å². The van der Waals surface area contributed by atoms with Crippen LogP contribution in [0.4, 0.5) is 0 Å². The van der Waals surface area contributed by atoms with Gasteiger partial charge in [-0.3, -0.25) is 4.79 Å². The highest BCUT2D eigenvalue weighted by atomic mass is 32.1. The third kappa shape index (κ3) is 3.34. The molecule has 0 bridgehead atoms. The molecule has 0 spiro atoms. The summed E-state index contributed by atoms with van der Waals surface area (Å²) >= 11 is 1.59. The molecule has 0 radical (unpaired) electrons. The minimum absolute atomic E-state index is 0.0730. The number of amides is 1. The van der Waals surface area contributed by atoms with Crippen molar-refractivity contribution in [2.45, 2.75) is 12.5 Å². The monoisotopic (exact) mass is 307 g/mol. The van der Waals surface area contributed by atoms with E-state index < -0.39 is 6.10 Å². The highest BCUT2D eigenvalue weighted by Gasteiger charge is 2.24. The maximum absolute atomic E-state index is 11.8. The normalized spacial score (nSPS) is 19.6. The van der Waals surface area contributed by atoms with E-state index in [-0.39, 0.29) is 18.4 Å². The average Bonchev–Trinajstić information content (AvgIpc) is 3.25. The van der Waals surface area contributed by atoms with Crippen molar-refractivity contribution < 1.29 is 19.1 Å². The lowest BCUT2D eigenvalue weighted by Gasteiger charge is -2.12. The predicted molar refractivity (Wildman–Crippen MR) is 78.9 cm³/mol. The van der Waals surface area contributed by atoms with Crippen LogP contribution in [0.3, 0.4) is 0 Å². The Balaban J connectivity index is 1.55. The van der Waals surface area contributed by atoms with E-state index >= 15 is 0 Å². The number of aliphatic hydroxyl groups is 1. The zero-order valence-electron chi connectivity index (χ0n) is 11.5. The first kappa shape index (κ1) is 14.3. The number of carbonyl (C=O) groups is 1. The number of aliphatic hydroxyl groups excluding tert-OH is 1. The third-order valence-corrected chi connectivity index (χ3v) is 4.21. The number of thiophene rings is 1. The molecule has 1 fully saturated rings. The number of furan rings is 1. The molecule has 2 N–H and O–H groups in total. The molecule has 2 aromatic rings. The highest BCUT2D eigenvalue weighted by Crippen LogP contribution is 2.26. The topological polar surface area (TPSA) is 71.7 Å². The quantitative estimate of drug-likeness (QED) is 0.888. The summed E-state index contributed by atoms with van der Waals surface area (Å²) in [5.41, 5.74) is 0.991. The molecule has 0 saturated carbocycles. The Morgan fingerprint density at radius 2 is 2.38 bits per heavy atom. The van der Waals surface area contributed by atoms with Gasteiger partial charge in [0.05, 0.1) is 19.1 Å². The van der Waals surface area contributed by atoms with E-state index in [9.17, 15) is 9.90 Å². The van der Waals surface area contributed by atoms with Gasteiger partial charge in [-0.2, -0.15) is 11.3 Å². The molecule has 0 unspecified atom stereocenters. The Morgan fingerprint density at radius 3 is 3.10 bits per heavy atom. The van der Waals surface area contributed by atoms with Gasteiger partial charge in [0, 0.05) is 17.6 Å². The average molecular weight is 307 g/mol. The first-order chi connectivity index (χ1) is 10.2. The lowest BCUT2D eigenvalue weighted by Crippen LogP contribution is -2.34. The molecule has 6 heteroatoms. The number of carbonyl (C=O) groups excluding carboxylic acids is 1. The van der Waals surface area contributed by atoms with E-state index in [1.54, 1.807) is 17.4 Å². The van der Waals surface area contributed by atoms with Gasteiger partial charge in [0.2, 0.25) is 5.91 Å². The van der Waals surface area contributed by atoms with Crippen molar-refractivity contribution in [2.24, 2.45) is 5.92 Å². The second-order valence-corrected chi connectivity index (χ2v) is 5.82. The minimum Gasteiger partial charge on any atom is -0.458 e. The summed E-state index contributed by atoms with van der Waals surface area (Å²) in [4.78, 5) is 11.8. The minimum atomic E-state index is -0.844. The van der Waals surface area contributed by atoms with Crippen LogP contribution >= 0.6 is 11.3 Å². The fourth-order valence-electron chi connectivity index (χ4n) is 2.28. The summed E-state index contributed by atoms with van der Waals surface area (Å²) < 4.78 is 10.8. The van der Waals surface area contributed by atoms with E-state index in [0.29, 0.717) is 19.0 Å². The van der Waals surface area contributed by atoms with Crippen LogP contribution in [0.25, 0.3) is 11.3 Å². The lowest BCUT2D eigenvalue weighted by atomic mass is 10.1. The van der Waals surface area contributed by atoms with Gasteiger partial charge in [-0.25, -0.2) is 0 Å². The number of hydrogen-bond donors (Lipinski definition) is 2. The Bertz CT molecular complexity index is 587. The van der Waals surface area contributed by atoms with Crippen molar-refractivity contribution in [2.75, 3.05) is 19.8 Å². The van der Waals surface area contributed by atoms with E-state index in [2.05, 4.69) is 5.32 Å². The molecule has 0 aliphatic carbocycles. The lowest BCUT2D eigenvalue weighted by molar-refractivity contribution is -0.125. The largest absolute Gasteiger partial charge is 0.458 e. The predicted octanol–water partition coefficient (Wildman–Crippen LogP) is 2.19. The van der Waals surface area contributed by atoms with Gasteiger partial charge in [0.25, 0.3) is 0 Å². The molecular weight excluding hydrogens is 290 g/mol. The summed E-state index contributed by atoms with van der Waals surface area (Å²) in [5, 5.41) is 16.8. The zero-order chi connectivity index (χ0) is 14.7. The Kier molecular flexibility index (Phi) is 4.38. The number of ether oxygens (including phenoxy) is 1. The molecule has 21 heavy (non-hydrogen) atoms. The fraction of sp³-hybridized carbons (Fsp3) is 0.400. The molecule has 3 rings (SSSR count). The van der Waals surface area contributed by atoms with Crippen molar-refractivity contribution in [1.82, 2.24) is 5.32 Å². The van der Waals surface area contributed by atoms with Crippen LogP contribution in [0.1, 0.15) is 18.3 Å². The number of hydrogen-bond acceptors (Lipinski definition) is 5. The van der Waals surface area contributed by atoms with Crippen LogP contribution in [0.15, 0.2) is 33.4 Å². The van der Waals surface area contributed by atoms with Crippen LogP contribution < -0.4 is 5.32 Å². The van der Waals surface area contributed by atoms with Gasteiger partial charge in [-0.1, -0.05) is 0 Å². The first-order valence-corrected chi connectivity index (χ1v) is 7.84. The zero-order valence-corrected chi connectivity index (χ0v) is 12.3. The van der Waals surface area contributed by atoms with E-state index in [4.69, 9.17) is 9.15 Å². The molecule has 0 aromatic carbocycles. The summed E-state index contributed by atoms with van der Waals surface area (Å²) in [7, 11) is 0. The summed E-state index contributed by atoms with van der Waals surface area (Å²) in [5.74, 6) is 1.01. The highest BCUT2D eigenvalue weighted by molar-refractivity contribution is 7.08. The van der Waals surface area contributed by atoms with E-state index in [1.807, 2.05) is 22.9 Å². The number of rotatable bonds is 5. The van der Waals surface area contributed by atoms with Crippen LogP contribution in [0.2, 0.25) is 0 Å². The maximum atomic E-state index is 11.8. The SMILES string of the molecule is O=C(NC[C@@H](O)c1ccc(-c2ccsc2)o1)[C@@H]1CCOC1. The smallest absolute Gasteiger partial charge is 0.225 e. The van der Waals surface area contributed by atoms with Gasteiger partial charge in [0.15, 0.2) is 0 Å². The third-order valence-electron chi connectivity index (χ3n) is 3.53. The molecule has 112 valence electrons. The molecule has 1 aliphatic heterocycles. The van der Waals surface area contributed by atoms with Gasteiger partial charge < -0.3 is 19.6 Å². The maximum Gasteiger partial charge on any atom is 0.225 e. The molecule has 1 amide bonds. The molecule has 2 aromatic heterocycles. The summed E-state index contributed by atoms with van der Waals surface area (Å²) in [6, 6.07) is 5.53. The second kappa shape index (κ2) is 6.43. The van der Waals surface area contributed by atoms with Gasteiger partial charge in [-0.15, -0.1) is 0 Å². The molecule has 1 aliphatic rings. The van der Waals surface area contributed by atoms with Crippen LogP contribution in [-0.2, 0) is 9.53 Å². The van der Waals surface area contributed by atoms with Crippen LogP contribution in [0.5, 0.6) is 0 Å². The Morgan fingerprint density at radius 1 is 1.48 bits per heavy atom. The van der Waals surface area contributed by atoms with Gasteiger partial charge >= 0.3 is 0 Å². The standard InChI is InChI=1S/C15H17NO4S/c17-12(7-16-15(18)10-3-5-19-8-10)14-2-1-13(20-14)11-4-6-21-9-11/h1-2,4,6,9-10,12,17H,3,5,7-8H2,(H,16,18)/t10-,12-/m1/s1. The van der Waals surface area contributed by atoms with E-state index in [1.165, 1.54) is 0 Å². The van der Waals surface area contributed by atoms with Crippen molar-refractivity contribution in [1.29, 1.82) is 0 Å². The van der Waals surface area contributed by atoms with Crippen molar-refractivity contribution in [3.63, 3.8) is 0 Å². The van der Waals surface area contributed by atoms with E-state index in [0.717, 1.165) is 17.7 Å². The molecule has 5 nitrogen and oxygen atoms in total. The fourth-order valence-corrected chi connectivity index (χ4v) is 2.92. The molecular formula is C15H17NO4S. The molecule has 1 saturated heterocycles. The second-order valence-electron chi connectivity index (χ2n) is 5.04. The van der Waals surface area contributed by atoms with Crippen molar-refractivity contribution in [3.05, 3.63) is 34.7 Å².